The van der Waals surface area contributed by atoms with Crippen LogP contribution in [0.3, 0.4) is 0 Å². The standard InChI is InChI=1S/C54H68Si2/c1-21-49-50(22-2)52(30-26-44-24-28-48(54(18,19)20)36-46(44)32-34-56(40(9)10,41(11)12)42(13)14)51(49)29-25-43-23-27-47(53(15,16)17)35-45(43)31-33-55(37(3)4,38(5)6)39(7)8/h1-2,23-24,27-28,35-42H,3-20H3. The molecule has 292 valence electrons. The van der Waals surface area contributed by atoms with Crippen LogP contribution in [0.25, 0.3) is 0 Å². The summed E-state index contributed by atoms with van der Waals surface area (Å²) in [7, 11) is -3.95. The van der Waals surface area contributed by atoms with Crippen molar-refractivity contribution in [3.63, 3.8) is 0 Å². The zero-order valence-electron chi connectivity index (χ0n) is 38.1. The summed E-state index contributed by atoms with van der Waals surface area (Å²) in [6.45, 7) is 41.6. The molecule has 2 aromatic rings. The highest BCUT2D eigenvalue weighted by molar-refractivity contribution is 6.91. The van der Waals surface area contributed by atoms with Gasteiger partial charge in [0, 0.05) is 22.3 Å². The molecular weight excluding hydrogens is 705 g/mol. The van der Waals surface area contributed by atoms with Crippen LogP contribution in [-0.2, 0) is 10.8 Å². The molecule has 0 nitrogen and oxygen atoms in total. The second-order valence-electron chi connectivity index (χ2n) is 19.6. The third kappa shape index (κ3) is 9.45. The normalized spacial score (nSPS) is 13.4. The minimum Gasteiger partial charge on any atom is -0.125 e. The van der Waals surface area contributed by atoms with Gasteiger partial charge in [-0.2, -0.15) is 0 Å². The maximum absolute atomic E-state index is 6.06. The van der Waals surface area contributed by atoms with E-state index >= 15 is 0 Å². The zero-order valence-corrected chi connectivity index (χ0v) is 40.1. The molecule has 0 aliphatic heterocycles. The van der Waals surface area contributed by atoms with Crippen molar-refractivity contribution in [1.29, 1.82) is 0 Å². The van der Waals surface area contributed by atoms with Crippen molar-refractivity contribution in [2.45, 2.75) is 169 Å². The first-order valence-electron chi connectivity index (χ1n) is 20.7. The molecule has 0 fully saturated rings. The molecular formula is C54H68Si2. The van der Waals surface area contributed by atoms with Gasteiger partial charge in [-0.3, -0.25) is 0 Å². The molecule has 0 saturated heterocycles. The van der Waals surface area contributed by atoms with Crippen molar-refractivity contribution in [3.05, 3.63) is 92.1 Å². The summed E-state index contributed by atoms with van der Waals surface area (Å²) < 4.78 is 0. The molecule has 2 heteroatoms. The average molecular weight is 773 g/mol. The van der Waals surface area contributed by atoms with E-state index in [1.165, 1.54) is 11.1 Å². The van der Waals surface area contributed by atoms with Crippen molar-refractivity contribution in [2.24, 2.45) is 0 Å². The molecule has 0 unspecified atom stereocenters. The van der Waals surface area contributed by atoms with E-state index in [-0.39, 0.29) is 10.8 Å². The number of terminal acetylenes is 2. The number of hydrogen-bond donors (Lipinski definition) is 0. The molecule has 0 N–H and O–H groups in total. The zero-order chi connectivity index (χ0) is 42.6. The van der Waals surface area contributed by atoms with E-state index in [0.717, 1.165) is 22.3 Å². The molecule has 1 aliphatic carbocycles. The van der Waals surface area contributed by atoms with Gasteiger partial charge in [0.2, 0.25) is 0 Å². The fourth-order valence-corrected chi connectivity index (χ4v) is 19.3. The summed E-state index contributed by atoms with van der Waals surface area (Å²) in [4.78, 5) is 0. The van der Waals surface area contributed by atoms with E-state index in [1.807, 2.05) is 0 Å². The van der Waals surface area contributed by atoms with Crippen LogP contribution < -0.4 is 0 Å². The van der Waals surface area contributed by atoms with Gasteiger partial charge >= 0.3 is 0 Å². The summed E-state index contributed by atoms with van der Waals surface area (Å²) in [6.07, 6.45) is 12.1. The third-order valence-corrected chi connectivity index (χ3v) is 24.8. The lowest BCUT2D eigenvalue weighted by Gasteiger charge is -2.38. The SMILES string of the molecule is C#CC1=C(C#C)C(C#Cc2ccc(C(C)(C)C)cc2C#C[Si](C(C)C)(C(C)C)C(C)C)=C1C#Cc1ccc(C(C)(C)C)cc1C#C[Si](C(C)C)(C(C)C)C(C)C. The smallest absolute Gasteiger partial charge is 0.125 e. The highest BCUT2D eigenvalue weighted by Crippen LogP contribution is 2.42. The second-order valence-corrected chi connectivity index (χ2v) is 30.8. The highest BCUT2D eigenvalue weighted by Gasteiger charge is 2.42. The van der Waals surface area contributed by atoms with Gasteiger partial charge in [0.05, 0.1) is 22.3 Å². The van der Waals surface area contributed by atoms with Crippen LogP contribution in [0, 0.1) is 71.3 Å². The van der Waals surface area contributed by atoms with Crippen LogP contribution in [-0.4, -0.2) is 16.1 Å². The Kier molecular flexibility index (Phi) is 14.7. The lowest BCUT2D eigenvalue weighted by Crippen LogP contribution is -2.43. The number of benzene rings is 2. The second kappa shape index (κ2) is 17.9. The molecule has 0 atom stereocenters. The summed E-state index contributed by atoms with van der Waals surface area (Å²) >= 11 is 0. The molecule has 0 saturated carbocycles. The Morgan fingerprint density at radius 3 is 0.911 bits per heavy atom. The van der Waals surface area contributed by atoms with Crippen LogP contribution in [0.1, 0.15) is 158 Å². The van der Waals surface area contributed by atoms with Gasteiger partial charge in [-0.1, -0.05) is 184 Å². The van der Waals surface area contributed by atoms with Crippen LogP contribution in [0.2, 0.25) is 33.2 Å². The Balaban J connectivity index is 2.32. The van der Waals surface area contributed by atoms with Gasteiger partial charge in [0.15, 0.2) is 0 Å². The summed E-state index contributed by atoms with van der Waals surface area (Å²) in [5.41, 5.74) is 19.9. The van der Waals surface area contributed by atoms with Crippen LogP contribution in [0.4, 0.5) is 0 Å². The van der Waals surface area contributed by atoms with Gasteiger partial charge in [0.25, 0.3) is 0 Å². The number of rotatable bonds is 6. The minimum atomic E-state index is -1.98. The molecule has 0 aromatic heterocycles. The Labute approximate surface area is 346 Å². The maximum atomic E-state index is 6.06. The monoisotopic (exact) mass is 772 g/mol. The van der Waals surface area contributed by atoms with E-state index in [0.29, 0.717) is 55.5 Å². The topological polar surface area (TPSA) is 0 Å². The predicted molar refractivity (Wildman–Crippen MR) is 252 cm³/mol. The summed E-state index contributed by atoms with van der Waals surface area (Å²) in [6, 6.07) is 13.0. The van der Waals surface area contributed by atoms with E-state index in [4.69, 9.17) is 12.8 Å². The first kappa shape index (κ1) is 46.1. The van der Waals surface area contributed by atoms with E-state index in [1.54, 1.807) is 0 Å². The first-order chi connectivity index (χ1) is 25.9. The average Bonchev–Trinajstić information content (AvgIpc) is 3.07. The van der Waals surface area contributed by atoms with E-state index in [9.17, 15) is 0 Å². The Morgan fingerprint density at radius 1 is 0.393 bits per heavy atom. The molecule has 3 rings (SSSR count). The van der Waals surface area contributed by atoms with Crippen molar-refractivity contribution >= 4 is 16.1 Å². The van der Waals surface area contributed by atoms with Crippen LogP contribution in [0.15, 0.2) is 58.7 Å². The van der Waals surface area contributed by atoms with Crippen molar-refractivity contribution in [2.75, 3.05) is 0 Å². The third-order valence-electron chi connectivity index (χ3n) is 12.3. The molecule has 0 radical (unpaired) electrons. The quantitative estimate of drug-likeness (QED) is 0.203. The van der Waals surface area contributed by atoms with Crippen LogP contribution >= 0.6 is 0 Å². The van der Waals surface area contributed by atoms with E-state index < -0.39 is 16.1 Å². The van der Waals surface area contributed by atoms with E-state index in [2.05, 4.69) is 219 Å². The molecule has 0 bridgehead atoms. The van der Waals surface area contributed by atoms with Crippen LogP contribution in [0.5, 0.6) is 0 Å². The lowest BCUT2D eigenvalue weighted by atomic mass is 9.81. The Bertz CT molecular complexity index is 2020. The molecule has 56 heavy (non-hydrogen) atoms. The van der Waals surface area contributed by atoms with Crippen molar-refractivity contribution in [3.8, 4) is 71.3 Å². The van der Waals surface area contributed by atoms with Gasteiger partial charge in [-0.25, -0.2) is 0 Å². The van der Waals surface area contributed by atoms with Gasteiger partial charge in [0.1, 0.15) is 16.1 Å². The molecule has 1 aliphatic rings. The number of allylic oxidation sites excluding steroid dienone is 4. The van der Waals surface area contributed by atoms with Crippen molar-refractivity contribution in [1.82, 2.24) is 0 Å². The fourth-order valence-electron chi connectivity index (χ4n) is 8.90. The molecule has 0 spiro atoms. The van der Waals surface area contributed by atoms with Gasteiger partial charge < -0.3 is 0 Å². The molecule has 0 amide bonds. The van der Waals surface area contributed by atoms with Crippen molar-refractivity contribution < 1.29 is 0 Å². The van der Waals surface area contributed by atoms with Gasteiger partial charge in [-0.05, 0) is 79.5 Å². The summed E-state index contributed by atoms with van der Waals surface area (Å²) in [5.74, 6) is 26.9. The highest BCUT2D eigenvalue weighted by atomic mass is 28.3. The molecule has 2 aromatic carbocycles. The molecule has 0 heterocycles. The Hall–Kier alpha value is -4.29. The maximum Gasteiger partial charge on any atom is 0.146 e. The van der Waals surface area contributed by atoms with Gasteiger partial charge in [-0.15, -0.1) is 23.9 Å². The predicted octanol–water partition coefficient (Wildman–Crippen LogP) is 13.7. The Morgan fingerprint density at radius 2 is 0.679 bits per heavy atom. The summed E-state index contributed by atoms with van der Waals surface area (Å²) in [5, 5.41) is 0. The number of hydrogen-bond acceptors (Lipinski definition) is 0. The first-order valence-corrected chi connectivity index (χ1v) is 25.2. The lowest BCUT2D eigenvalue weighted by molar-refractivity contribution is 0.590. The largest absolute Gasteiger partial charge is 0.146 e. The fraction of sp³-hybridized carbons (Fsp3) is 0.481. The minimum absolute atomic E-state index is 0.0261.